The molecule has 0 radical (unpaired) electrons. The standard InChI is InChI=1S/C16H15Cl2N3O5S2/c1-10-2-3-11(21(23)24)8-13(10)28(25,26)20-6-4-19(5-7-20)16(22)12-9-14(17)27-15(12)18/h2-3,8-9H,4-7H2,1H3. The maximum absolute atomic E-state index is 12.9. The van der Waals surface area contributed by atoms with E-state index < -0.39 is 14.9 Å². The monoisotopic (exact) mass is 463 g/mol. The number of amides is 1. The zero-order valence-corrected chi connectivity index (χ0v) is 17.7. The number of piperazine rings is 1. The van der Waals surface area contributed by atoms with Crippen LogP contribution in [0.4, 0.5) is 5.69 Å². The fourth-order valence-corrected chi connectivity index (χ4v) is 6.02. The first-order chi connectivity index (χ1) is 13.1. The van der Waals surface area contributed by atoms with Gasteiger partial charge in [-0.25, -0.2) is 8.42 Å². The summed E-state index contributed by atoms with van der Waals surface area (Å²) in [6, 6.07) is 5.23. The van der Waals surface area contributed by atoms with Crippen LogP contribution >= 0.6 is 34.5 Å². The highest BCUT2D eigenvalue weighted by Crippen LogP contribution is 2.32. The van der Waals surface area contributed by atoms with Crippen LogP contribution in [0, 0.1) is 17.0 Å². The number of nitro groups is 1. The SMILES string of the molecule is Cc1ccc([N+](=O)[O-])cc1S(=O)(=O)N1CCN(C(=O)c2cc(Cl)sc2Cl)CC1. The number of nitrogens with zero attached hydrogens (tertiary/aromatic N) is 3. The minimum Gasteiger partial charge on any atom is -0.336 e. The van der Waals surface area contributed by atoms with Crippen LogP contribution in [0.1, 0.15) is 15.9 Å². The first kappa shape index (κ1) is 21.0. The summed E-state index contributed by atoms with van der Waals surface area (Å²) in [7, 11) is -3.92. The molecule has 1 saturated heterocycles. The van der Waals surface area contributed by atoms with Gasteiger partial charge in [0.05, 0.1) is 19.7 Å². The van der Waals surface area contributed by atoms with Gasteiger partial charge in [-0.05, 0) is 18.6 Å². The van der Waals surface area contributed by atoms with Crippen molar-refractivity contribution in [3.8, 4) is 0 Å². The van der Waals surface area contributed by atoms with Crippen LogP contribution in [-0.2, 0) is 10.0 Å². The second kappa shape index (κ2) is 7.96. The Labute approximate surface area is 175 Å². The molecule has 0 spiro atoms. The lowest BCUT2D eigenvalue weighted by atomic mass is 10.2. The van der Waals surface area contributed by atoms with Crippen LogP contribution < -0.4 is 0 Å². The lowest BCUT2D eigenvalue weighted by Crippen LogP contribution is -2.50. The third-order valence-electron chi connectivity index (χ3n) is 4.41. The van der Waals surface area contributed by atoms with Gasteiger partial charge in [-0.15, -0.1) is 11.3 Å². The number of carbonyl (C=O) groups excluding carboxylic acids is 1. The largest absolute Gasteiger partial charge is 0.336 e. The van der Waals surface area contributed by atoms with Crippen molar-refractivity contribution in [2.24, 2.45) is 0 Å². The van der Waals surface area contributed by atoms with Crippen LogP contribution in [0.2, 0.25) is 8.67 Å². The number of sulfonamides is 1. The van der Waals surface area contributed by atoms with Gasteiger partial charge in [0.15, 0.2) is 0 Å². The Balaban J connectivity index is 1.77. The van der Waals surface area contributed by atoms with E-state index >= 15 is 0 Å². The minimum atomic E-state index is -3.92. The van der Waals surface area contributed by atoms with Gasteiger partial charge in [-0.3, -0.25) is 14.9 Å². The van der Waals surface area contributed by atoms with Crippen molar-refractivity contribution in [1.29, 1.82) is 0 Å². The Kier molecular flexibility index (Phi) is 5.97. The van der Waals surface area contributed by atoms with Crippen LogP contribution in [0.5, 0.6) is 0 Å². The summed E-state index contributed by atoms with van der Waals surface area (Å²) in [4.78, 5) is 24.3. The van der Waals surface area contributed by atoms with E-state index in [4.69, 9.17) is 23.2 Å². The van der Waals surface area contributed by atoms with E-state index in [1.165, 1.54) is 27.4 Å². The van der Waals surface area contributed by atoms with Crippen LogP contribution in [0.3, 0.4) is 0 Å². The average molecular weight is 464 g/mol. The Bertz CT molecular complexity index is 1050. The van der Waals surface area contributed by atoms with Crippen molar-refractivity contribution in [2.45, 2.75) is 11.8 Å². The van der Waals surface area contributed by atoms with Gasteiger partial charge in [0.25, 0.3) is 11.6 Å². The Morgan fingerprint density at radius 2 is 1.82 bits per heavy atom. The number of benzene rings is 1. The molecule has 12 heteroatoms. The molecule has 0 bridgehead atoms. The third-order valence-corrected chi connectivity index (χ3v) is 7.94. The molecule has 0 atom stereocenters. The number of halogens is 2. The smallest absolute Gasteiger partial charge is 0.270 e. The number of hydrogen-bond acceptors (Lipinski definition) is 6. The molecule has 1 amide bonds. The van der Waals surface area contributed by atoms with E-state index in [9.17, 15) is 23.3 Å². The van der Waals surface area contributed by atoms with Crippen LogP contribution in [-0.4, -0.2) is 54.6 Å². The number of aryl methyl sites for hydroxylation is 1. The van der Waals surface area contributed by atoms with E-state index in [2.05, 4.69) is 0 Å². The summed E-state index contributed by atoms with van der Waals surface area (Å²) in [6.07, 6.45) is 0. The highest BCUT2D eigenvalue weighted by Gasteiger charge is 2.33. The first-order valence-corrected chi connectivity index (χ1v) is 11.1. The molecule has 0 unspecified atom stereocenters. The van der Waals surface area contributed by atoms with Crippen molar-refractivity contribution in [3.05, 3.63) is 54.2 Å². The molecule has 28 heavy (non-hydrogen) atoms. The molecule has 1 fully saturated rings. The van der Waals surface area contributed by atoms with E-state index in [0.717, 1.165) is 17.4 Å². The number of nitro benzene ring substituents is 1. The normalized spacial score (nSPS) is 15.6. The predicted molar refractivity (Wildman–Crippen MR) is 107 cm³/mol. The van der Waals surface area contributed by atoms with Gasteiger partial charge < -0.3 is 4.90 Å². The molecule has 3 rings (SSSR count). The van der Waals surface area contributed by atoms with E-state index in [0.29, 0.717) is 15.5 Å². The average Bonchev–Trinajstić information content (AvgIpc) is 2.99. The van der Waals surface area contributed by atoms with Crippen molar-refractivity contribution >= 4 is 56.2 Å². The number of hydrogen-bond donors (Lipinski definition) is 0. The first-order valence-electron chi connectivity index (χ1n) is 8.10. The Hall–Kier alpha value is -1.72. The summed E-state index contributed by atoms with van der Waals surface area (Å²) in [5.41, 5.74) is 0.424. The lowest BCUT2D eigenvalue weighted by molar-refractivity contribution is -0.385. The zero-order valence-electron chi connectivity index (χ0n) is 14.6. The number of rotatable bonds is 4. The molecule has 2 aromatic rings. The molecule has 0 N–H and O–H groups in total. The predicted octanol–water partition coefficient (Wildman–Crippen LogP) is 3.42. The lowest BCUT2D eigenvalue weighted by Gasteiger charge is -2.34. The quantitative estimate of drug-likeness (QED) is 0.510. The van der Waals surface area contributed by atoms with Gasteiger partial charge in [-0.2, -0.15) is 4.31 Å². The highest BCUT2D eigenvalue weighted by atomic mass is 35.5. The minimum absolute atomic E-state index is 0.0751. The van der Waals surface area contributed by atoms with Gasteiger partial charge >= 0.3 is 0 Å². The summed E-state index contributed by atoms with van der Waals surface area (Å²) >= 11 is 13.0. The zero-order chi connectivity index (χ0) is 20.6. The Morgan fingerprint density at radius 3 is 2.36 bits per heavy atom. The van der Waals surface area contributed by atoms with Crippen LogP contribution in [0.25, 0.3) is 0 Å². The second-order valence-corrected chi connectivity index (χ2v) is 10.3. The summed E-state index contributed by atoms with van der Waals surface area (Å²) < 4.78 is 27.8. The topological polar surface area (TPSA) is 101 Å². The second-order valence-electron chi connectivity index (χ2n) is 6.14. The fourth-order valence-electron chi connectivity index (χ4n) is 2.91. The Morgan fingerprint density at radius 1 is 1.18 bits per heavy atom. The van der Waals surface area contributed by atoms with Crippen molar-refractivity contribution in [1.82, 2.24) is 9.21 Å². The molecule has 8 nitrogen and oxygen atoms in total. The number of thiophene rings is 1. The van der Waals surface area contributed by atoms with Crippen molar-refractivity contribution in [2.75, 3.05) is 26.2 Å². The molecule has 1 aliphatic rings. The van der Waals surface area contributed by atoms with Crippen molar-refractivity contribution < 1.29 is 18.1 Å². The van der Waals surface area contributed by atoms with E-state index in [-0.39, 0.29) is 47.0 Å². The van der Waals surface area contributed by atoms with Gasteiger partial charge in [0.2, 0.25) is 10.0 Å². The molecule has 1 aliphatic heterocycles. The summed E-state index contributed by atoms with van der Waals surface area (Å²) in [5, 5.41) is 11.0. The molecule has 1 aromatic heterocycles. The molecular weight excluding hydrogens is 449 g/mol. The molecule has 0 saturated carbocycles. The summed E-state index contributed by atoms with van der Waals surface area (Å²) in [6.45, 7) is 2.09. The van der Waals surface area contributed by atoms with Gasteiger partial charge in [0.1, 0.15) is 4.34 Å². The highest BCUT2D eigenvalue weighted by molar-refractivity contribution is 7.89. The van der Waals surface area contributed by atoms with Crippen LogP contribution in [0.15, 0.2) is 29.2 Å². The van der Waals surface area contributed by atoms with E-state index in [1.807, 2.05) is 0 Å². The van der Waals surface area contributed by atoms with Crippen molar-refractivity contribution in [3.63, 3.8) is 0 Å². The fraction of sp³-hybridized carbons (Fsp3) is 0.312. The molecule has 1 aromatic carbocycles. The third kappa shape index (κ3) is 4.01. The number of non-ortho nitro benzene ring substituents is 1. The van der Waals surface area contributed by atoms with Gasteiger partial charge in [0, 0.05) is 38.3 Å². The maximum atomic E-state index is 12.9. The molecule has 150 valence electrons. The maximum Gasteiger partial charge on any atom is 0.270 e. The van der Waals surface area contributed by atoms with Gasteiger partial charge in [-0.1, -0.05) is 29.3 Å². The summed E-state index contributed by atoms with van der Waals surface area (Å²) in [5.74, 6) is -0.309. The molecule has 0 aliphatic carbocycles. The molecular formula is C16H15Cl2N3O5S2. The number of carbonyl (C=O) groups is 1. The molecule has 2 heterocycles. The van der Waals surface area contributed by atoms with E-state index in [1.54, 1.807) is 6.92 Å².